The highest BCUT2D eigenvalue weighted by Gasteiger charge is 2.37. The van der Waals surface area contributed by atoms with E-state index in [2.05, 4.69) is 0 Å². The molecule has 1 saturated heterocycles. The number of aliphatic hydroxyl groups is 1. The van der Waals surface area contributed by atoms with Crippen LogP contribution in [-0.2, 0) is 14.3 Å². The zero-order valence-corrected chi connectivity index (χ0v) is 10.4. The van der Waals surface area contributed by atoms with Crippen molar-refractivity contribution in [1.82, 2.24) is 0 Å². The summed E-state index contributed by atoms with van der Waals surface area (Å²) in [6.07, 6.45) is 1.48. The molecule has 1 rings (SSSR count). The van der Waals surface area contributed by atoms with E-state index in [1.165, 1.54) is 0 Å². The number of aliphatic hydroxyl groups excluding tert-OH is 1. The van der Waals surface area contributed by atoms with Crippen molar-refractivity contribution in [3.8, 4) is 0 Å². The van der Waals surface area contributed by atoms with Crippen LogP contribution in [0.25, 0.3) is 0 Å². The number of carbonyl (C=O) groups is 1. The summed E-state index contributed by atoms with van der Waals surface area (Å²) in [5.41, 5.74) is 0. The Morgan fingerprint density at radius 3 is 2.75 bits per heavy atom. The van der Waals surface area contributed by atoms with Gasteiger partial charge in [0.05, 0.1) is 12.7 Å². The normalized spacial score (nSPS) is 25.6. The number of Topliss-reactive ketones (excluding diaryl/α,β-unsaturated/α-hetero) is 1. The zero-order valence-electron chi connectivity index (χ0n) is 10.4. The first kappa shape index (κ1) is 13.6. The van der Waals surface area contributed by atoms with Gasteiger partial charge in [-0.25, -0.2) is 0 Å². The molecule has 0 bridgehead atoms. The third-order valence-corrected chi connectivity index (χ3v) is 2.71. The van der Waals surface area contributed by atoms with Crippen LogP contribution in [0.3, 0.4) is 0 Å². The SMILES string of the molecule is CCCCC(=O)C[C@H](O)[C@H]1COC(C)(C)O1. The van der Waals surface area contributed by atoms with E-state index in [9.17, 15) is 9.90 Å². The van der Waals surface area contributed by atoms with Crippen molar-refractivity contribution in [3.63, 3.8) is 0 Å². The number of hydrogen-bond donors (Lipinski definition) is 1. The summed E-state index contributed by atoms with van der Waals surface area (Å²) in [4.78, 5) is 11.5. The second kappa shape index (κ2) is 5.75. The molecule has 0 radical (unpaired) electrons. The quantitative estimate of drug-likeness (QED) is 0.753. The van der Waals surface area contributed by atoms with Gasteiger partial charge in [0.2, 0.25) is 0 Å². The van der Waals surface area contributed by atoms with Crippen LogP contribution in [0, 0.1) is 0 Å². The van der Waals surface area contributed by atoms with Gasteiger partial charge in [0.25, 0.3) is 0 Å². The van der Waals surface area contributed by atoms with Gasteiger partial charge in [-0.3, -0.25) is 4.79 Å². The van der Waals surface area contributed by atoms with E-state index in [0.29, 0.717) is 13.0 Å². The van der Waals surface area contributed by atoms with Gasteiger partial charge in [0, 0.05) is 12.8 Å². The Kier molecular flexibility index (Phi) is 4.89. The standard InChI is InChI=1S/C12H22O4/c1-4-5-6-9(13)7-10(14)11-8-15-12(2,3)16-11/h10-11,14H,4-8H2,1-3H3/t10-,11+/m0/s1. The Hall–Kier alpha value is -0.450. The van der Waals surface area contributed by atoms with Crippen molar-refractivity contribution in [2.24, 2.45) is 0 Å². The lowest BCUT2D eigenvalue weighted by Gasteiger charge is -2.20. The summed E-state index contributed by atoms with van der Waals surface area (Å²) in [5, 5.41) is 9.83. The van der Waals surface area contributed by atoms with Gasteiger partial charge in [-0.1, -0.05) is 13.3 Å². The van der Waals surface area contributed by atoms with E-state index < -0.39 is 11.9 Å². The minimum Gasteiger partial charge on any atom is -0.390 e. The predicted molar refractivity (Wildman–Crippen MR) is 60.1 cm³/mol. The summed E-state index contributed by atoms with van der Waals surface area (Å²) < 4.78 is 10.8. The highest BCUT2D eigenvalue weighted by atomic mass is 16.7. The Morgan fingerprint density at radius 2 is 2.25 bits per heavy atom. The van der Waals surface area contributed by atoms with Crippen molar-refractivity contribution in [2.45, 2.75) is 64.4 Å². The van der Waals surface area contributed by atoms with Gasteiger partial charge in [-0.15, -0.1) is 0 Å². The van der Waals surface area contributed by atoms with Crippen molar-refractivity contribution < 1.29 is 19.4 Å². The van der Waals surface area contributed by atoms with E-state index in [4.69, 9.17) is 9.47 Å². The van der Waals surface area contributed by atoms with Gasteiger partial charge in [-0.2, -0.15) is 0 Å². The molecule has 0 unspecified atom stereocenters. The molecule has 2 atom stereocenters. The highest BCUT2D eigenvalue weighted by molar-refractivity contribution is 5.78. The van der Waals surface area contributed by atoms with Gasteiger partial charge in [0.1, 0.15) is 11.9 Å². The third-order valence-electron chi connectivity index (χ3n) is 2.71. The van der Waals surface area contributed by atoms with Gasteiger partial charge in [0.15, 0.2) is 5.79 Å². The predicted octanol–water partition coefficient (Wildman–Crippen LogP) is 1.65. The number of ketones is 1. The van der Waals surface area contributed by atoms with E-state index in [1.807, 2.05) is 6.92 Å². The molecular formula is C12H22O4. The molecule has 0 amide bonds. The van der Waals surface area contributed by atoms with Crippen LogP contribution in [-0.4, -0.2) is 35.5 Å². The highest BCUT2D eigenvalue weighted by Crippen LogP contribution is 2.25. The van der Waals surface area contributed by atoms with Crippen molar-refractivity contribution >= 4 is 5.78 Å². The zero-order chi connectivity index (χ0) is 12.2. The maximum absolute atomic E-state index is 11.5. The number of unbranched alkanes of at least 4 members (excludes halogenated alkanes) is 1. The first-order valence-electron chi connectivity index (χ1n) is 5.96. The van der Waals surface area contributed by atoms with E-state index in [-0.39, 0.29) is 18.3 Å². The summed E-state index contributed by atoms with van der Waals surface area (Å²) in [6.45, 7) is 6.01. The van der Waals surface area contributed by atoms with Crippen molar-refractivity contribution in [2.75, 3.05) is 6.61 Å². The molecule has 1 aliphatic rings. The molecule has 1 aliphatic heterocycles. The van der Waals surface area contributed by atoms with Gasteiger partial charge in [-0.05, 0) is 20.3 Å². The largest absolute Gasteiger partial charge is 0.390 e. The molecule has 1 fully saturated rings. The molecule has 0 spiro atoms. The molecule has 94 valence electrons. The number of ether oxygens (including phenoxy) is 2. The molecule has 0 aromatic rings. The maximum atomic E-state index is 11.5. The smallest absolute Gasteiger partial charge is 0.163 e. The molecule has 4 heteroatoms. The minimum absolute atomic E-state index is 0.0997. The summed E-state index contributed by atoms with van der Waals surface area (Å²) in [5.74, 6) is -0.541. The Balaban J connectivity index is 2.30. The number of carbonyl (C=O) groups excluding carboxylic acids is 1. The first-order valence-corrected chi connectivity index (χ1v) is 5.96. The number of hydrogen-bond acceptors (Lipinski definition) is 4. The second-order valence-corrected chi connectivity index (χ2v) is 4.78. The van der Waals surface area contributed by atoms with E-state index in [0.717, 1.165) is 12.8 Å². The fourth-order valence-corrected chi connectivity index (χ4v) is 1.75. The fourth-order valence-electron chi connectivity index (χ4n) is 1.75. The Bertz CT molecular complexity index is 237. The Labute approximate surface area is 96.9 Å². The molecule has 16 heavy (non-hydrogen) atoms. The van der Waals surface area contributed by atoms with Crippen LogP contribution >= 0.6 is 0 Å². The number of rotatable bonds is 6. The first-order chi connectivity index (χ1) is 7.44. The van der Waals surface area contributed by atoms with E-state index in [1.54, 1.807) is 13.8 Å². The second-order valence-electron chi connectivity index (χ2n) is 4.78. The summed E-state index contributed by atoms with van der Waals surface area (Å²) in [7, 11) is 0. The summed E-state index contributed by atoms with van der Waals surface area (Å²) in [6, 6.07) is 0. The Morgan fingerprint density at radius 1 is 1.56 bits per heavy atom. The lowest BCUT2D eigenvalue weighted by atomic mass is 10.0. The van der Waals surface area contributed by atoms with Crippen LogP contribution in [0.1, 0.15) is 46.5 Å². The molecule has 0 aromatic heterocycles. The summed E-state index contributed by atoms with van der Waals surface area (Å²) >= 11 is 0. The van der Waals surface area contributed by atoms with Gasteiger partial charge >= 0.3 is 0 Å². The lowest BCUT2D eigenvalue weighted by Crippen LogP contribution is -2.32. The van der Waals surface area contributed by atoms with Gasteiger partial charge < -0.3 is 14.6 Å². The van der Waals surface area contributed by atoms with Crippen LogP contribution in [0.15, 0.2) is 0 Å². The average molecular weight is 230 g/mol. The molecule has 0 aromatic carbocycles. The van der Waals surface area contributed by atoms with E-state index >= 15 is 0 Å². The monoisotopic (exact) mass is 230 g/mol. The van der Waals surface area contributed by atoms with Crippen LogP contribution in [0.2, 0.25) is 0 Å². The molecule has 4 nitrogen and oxygen atoms in total. The van der Waals surface area contributed by atoms with Crippen LogP contribution in [0.5, 0.6) is 0 Å². The van der Waals surface area contributed by atoms with Crippen molar-refractivity contribution in [1.29, 1.82) is 0 Å². The minimum atomic E-state index is -0.744. The maximum Gasteiger partial charge on any atom is 0.163 e. The third kappa shape index (κ3) is 4.20. The van der Waals surface area contributed by atoms with Crippen LogP contribution in [0.4, 0.5) is 0 Å². The lowest BCUT2D eigenvalue weighted by molar-refractivity contribution is -0.153. The molecule has 1 heterocycles. The molecule has 0 aliphatic carbocycles. The molecule has 0 saturated carbocycles. The van der Waals surface area contributed by atoms with Crippen LogP contribution < -0.4 is 0 Å². The molecule has 1 N–H and O–H groups in total. The fraction of sp³-hybridized carbons (Fsp3) is 0.917. The van der Waals surface area contributed by atoms with Crippen molar-refractivity contribution in [3.05, 3.63) is 0 Å². The topological polar surface area (TPSA) is 55.8 Å². The molecular weight excluding hydrogens is 208 g/mol. The average Bonchev–Trinajstić information content (AvgIpc) is 2.56.